The Morgan fingerprint density at radius 3 is 2.22 bits per heavy atom. The highest BCUT2D eigenvalue weighted by Crippen LogP contribution is 2.37. The summed E-state index contributed by atoms with van der Waals surface area (Å²) >= 11 is 0. The van der Waals surface area contributed by atoms with Gasteiger partial charge in [-0.15, -0.1) is 0 Å². The largest absolute Gasteiger partial charge is 0.495 e. The van der Waals surface area contributed by atoms with E-state index in [4.69, 9.17) is 9.84 Å². The standard InChI is InChI=1S/C28H20F3N5O3.C8H17NO2/c1-39-24-11-2-17(14-18(24)15-32)26(37)34-23-16-33-36-13-12-35(27(38)25(23)36)22-9-5-20(6-10-22)28(30,31)19-3-7-21(29)8-4-19;1-8(2,5-7(10)11)6-9(3)4/h2-11,14,16H,12-13H2,1H3,(H,34,37);5-6H2,1-4H3,(H,10,11). The molecule has 0 saturated carbocycles. The summed E-state index contributed by atoms with van der Waals surface area (Å²) in [6.07, 6.45) is 1.58. The summed E-state index contributed by atoms with van der Waals surface area (Å²) < 4.78 is 49.6. The predicted molar refractivity (Wildman–Crippen MR) is 180 cm³/mol. The number of ether oxygens (including phenoxy) is 1. The average Bonchev–Trinajstić information content (AvgIpc) is 3.47. The second-order valence-electron chi connectivity index (χ2n) is 12.7. The van der Waals surface area contributed by atoms with Crippen LogP contribution in [0.3, 0.4) is 0 Å². The summed E-state index contributed by atoms with van der Waals surface area (Å²) in [4.78, 5) is 40.1. The number of benzene rings is 3. The number of aliphatic carboxylic acids is 1. The zero-order chi connectivity index (χ0) is 36.8. The lowest BCUT2D eigenvalue weighted by Gasteiger charge is -2.28. The van der Waals surface area contributed by atoms with Crippen LogP contribution in [0.2, 0.25) is 0 Å². The van der Waals surface area contributed by atoms with Crippen LogP contribution in [0.25, 0.3) is 0 Å². The Bertz CT molecular complexity index is 1900. The number of rotatable bonds is 10. The molecule has 11 nitrogen and oxygen atoms in total. The summed E-state index contributed by atoms with van der Waals surface area (Å²) in [6, 6.07) is 15.6. The minimum atomic E-state index is -3.36. The van der Waals surface area contributed by atoms with Gasteiger partial charge in [-0.3, -0.25) is 19.1 Å². The number of methoxy groups -OCH3 is 1. The van der Waals surface area contributed by atoms with E-state index in [0.717, 1.165) is 30.8 Å². The smallest absolute Gasteiger partial charge is 0.303 e. The fourth-order valence-electron chi connectivity index (χ4n) is 5.67. The monoisotopic (exact) mass is 690 g/mol. The van der Waals surface area contributed by atoms with Gasteiger partial charge in [-0.25, -0.2) is 4.39 Å². The first-order valence-corrected chi connectivity index (χ1v) is 15.4. The maximum absolute atomic E-state index is 15.0. The zero-order valence-corrected chi connectivity index (χ0v) is 28.2. The molecule has 14 heteroatoms. The molecule has 3 aromatic carbocycles. The minimum absolute atomic E-state index is 0.129. The second kappa shape index (κ2) is 15.3. The van der Waals surface area contributed by atoms with E-state index in [1.54, 1.807) is 0 Å². The molecule has 0 saturated heterocycles. The third-order valence-corrected chi connectivity index (χ3v) is 7.78. The summed E-state index contributed by atoms with van der Waals surface area (Å²) in [6.45, 7) is 5.27. The Balaban J connectivity index is 0.000000442. The number of aromatic nitrogens is 2. The van der Waals surface area contributed by atoms with Gasteiger partial charge in [0.2, 0.25) is 0 Å². The number of hydrogen-bond acceptors (Lipinski definition) is 7. The lowest BCUT2D eigenvalue weighted by atomic mass is 9.89. The van der Waals surface area contributed by atoms with Crippen LogP contribution < -0.4 is 15.0 Å². The third kappa shape index (κ3) is 8.66. The van der Waals surface area contributed by atoms with Crippen molar-refractivity contribution in [2.75, 3.05) is 44.5 Å². The van der Waals surface area contributed by atoms with Crippen molar-refractivity contribution < 1.29 is 37.4 Å². The van der Waals surface area contributed by atoms with Gasteiger partial charge < -0.3 is 25.0 Å². The molecular weight excluding hydrogens is 653 g/mol. The molecule has 0 atom stereocenters. The number of nitrogens with zero attached hydrogens (tertiary/aromatic N) is 5. The maximum Gasteiger partial charge on any atom is 0.303 e. The van der Waals surface area contributed by atoms with E-state index in [9.17, 15) is 32.8 Å². The Hall–Kier alpha value is -5.68. The van der Waals surface area contributed by atoms with Crippen LogP contribution >= 0.6 is 0 Å². The quantitative estimate of drug-likeness (QED) is 0.206. The number of amides is 2. The van der Waals surface area contributed by atoms with Gasteiger partial charge in [-0.2, -0.15) is 19.1 Å². The Morgan fingerprint density at radius 1 is 1.04 bits per heavy atom. The molecule has 0 fully saturated rings. The van der Waals surface area contributed by atoms with Crippen LogP contribution in [0.4, 0.5) is 24.5 Å². The number of alkyl halides is 2. The molecule has 0 spiro atoms. The molecule has 0 bridgehead atoms. The molecule has 2 heterocycles. The number of carbonyl (C=O) groups excluding carboxylic acids is 2. The highest BCUT2D eigenvalue weighted by Gasteiger charge is 2.35. The van der Waals surface area contributed by atoms with Gasteiger partial charge in [-0.05, 0) is 74.1 Å². The van der Waals surface area contributed by atoms with Gasteiger partial charge in [0.1, 0.15) is 23.3 Å². The first-order chi connectivity index (χ1) is 23.6. The van der Waals surface area contributed by atoms with Crippen LogP contribution in [0.5, 0.6) is 5.75 Å². The number of nitrogens with one attached hydrogen (secondary N) is 1. The highest BCUT2D eigenvalue weighted by molar-refractivity contribution is 6.13. The van der Waals surface area contributed by atoms with Gasteiger partial charge in [0, 0.05) is 35.5 Å². The molecule has 5 rings (SSSR count). The Morgan fingerprint density at radius 2 is 1.66 bits per heavy atom. The van der Waals surface area contributed by atoms with Gasteiger partial charge in [0.25, 0.3) is 17.7 Å². The third-order valence-electron chi connectivity index (χ3n) is 7.78. The Kier molecular flexibility index (Phi) is 11.3. The molecule has 50 heavy (non-hydrogen) atoms. The van der Waals surface area contributed by atoms with Crippen molar-refractivity contribution in [2.45, 2.75) is 32.7 Å². The summed E-state index contributed by atoms with van der Waals surface area (Å²) in [5, 5.41) is 24.7. The molecule has 0 aliphatic carbocycles. The van der Waals surface area contributed by atoms with Crippen molar-refractivity contribution in [2.24, 2.45) is 5.41 Å². The van der Waals surface area contributed by atoms with Crippen LogP contribution in [-0.4, -0.2) is 71.9 Å². The van der Waals surface area contributed by atoms with Crippen molar-refractivity contribution in [1.29, 1.82) is 5.26 Å². The number of halogens is 3. The van der Waals surface area contributed by atoms with Crippen molar-refractivity contribution in [3.63, 3.8) is 0 Å². The molecule has 1 aromatic heterocycles. The topological polar surface area (TPSA) is 141 Å². The lowest BCUT2D eigenvalue weighted by Crippen LogP contribution is -2.41. The van der Waals surface area contributed by atoms with Gasteiger partial charge in [0.15, 0.2) is 0 Å². The molecule has 262 valence electrons. The average molecular weight is 691 g/mol. The number of carbonyl (C=O) groups is 3. The summed E-state index contributed by atoms with van der Waals surface area (Å²) in [5.74, 6) is -5.40. The number of anilines is 2. The van der Waals surface area contributed by atoms with Gasteiger partial charge in [-0.1, -0.05) is 26.0 Å². The van der Waals surface area contributed by atoms with Crippen LogP contribution in [-0.2, 0) is 17.3 Å². The lowest BCUT2D eigenvalue weighted by molar-refractivity contribution is -0.139. The van der Waals surface area contributed by atoms with E-state index < -0.39 is 29.5 Å². The molecular formula is C36H37F3N6O5. The number of hydrogen-bond donors (Lipinski definition) is 2. The number of carboxylic acid groups (broad SMARTS) is 1. The zero-order valence-electron chi connectivity index (χ0n) is 28.2. The molecule has 0 radical (unpaired) electrons. The van der Waals surface area contributed by atoms with Crippen LogP contribution in [0.1, 0.15) is 57.8 Å². The van der Waals surface area contributed by atoms with E-state index in [-0.39, 0.29) is 52.0 Å². The minimum Gasteiger partial charge on any atom is -0.495 e. The van der Waals surface area contributed by atoms with Gasteiger partial charge >= 0.3 is 5.97 Å². The molecule has 1 aliphatic heterocycles. The van der Waals surface area contributed by atoms with E-state index in [2.05, 4.69) is 10.4 Å². The highest BCUT2D eigenvalue weighted by atomic mass is 19.3. The van der Waals surface area contributed by atoms with Crippen molar-refractivity contribution >= 4 is 29.2 Å². The second-order valence-corrected chi connectivity index (χ2v) is 12.7. The number of fused-ring (bicyclic) bond motifs is 1. The van der Waals surface area contributed by atoms with E-state index in [1.165, 1.54) is 65.4 Å². The molecule has 4 aromatic rings. The fourth-order valence-corrected chi connectivity index (χ4v) is 5.67. The SMILES string of the molecule is CN(C)CC(C)(C)CC(=O)O.COc1ccc(C(=O)Nc2cnn3c2C(=O)N(c2ccc(C(F)(F)c4ccc(F)cc4)cc2)CC3)cc1C#N. The van der Waals surface area contributed by atoms with Crippen LogP contribution in [0.15, 0.2) is 72.9 Å². The van der Waals surface area contributed by atoms with Crippen molar-refractivity contribution in [3.8, 4) is 11.8 Å². The Labute approximate surface area is 287 Å². The van der Waals surface area contributed by atoms with E-state index >= 15 is 0 Å². The maximum atomic E-state index is 15.0. The number of carboxylic acids is 1. The molecule has 0 unspecified atom stereocenters. The van der Waals surface area contributed by atoms with Crippen molar-refractivity contribution in [3.05, 3.63) is 107 Å². The fraction of sp³-hybridized carbons (Fsp3) is 0.306. The summed E-state index contributed by atoms with van der Waals surface area (Å²) in [7, 11) is 5.31. The first-order valence-electron chi connectivity index (χ1n) is 15.4. The number of nitriles is 1. The van der Waals surface area contributed by atoms with Gasteiger partial charge in [0.05, 0.1) is 37.5 Å². The normalized spacial score (nSPS) is 12.8. The van der Waals surface area contributed by atoms with E-state index in [0.29, 0.717) is 18.0 Å². The summed E-state index contributed by atoms with van der Waals surface area (Å²) in [5.41, 5.74) is 0.258. The van der Waals surface area contributed by atoms with E-state index in [1.807, 2.05) is 38.9 Å². The molecule has 2 N–H and O–H groups in total. The first kappa shape index (κ1) is 37.1. The molecule has 2 amide bonds. The molecule has 1 aliphatic rings. The van der Waals surface area contributed by atoms with Crippen LogP contribution in [0, 0.1) is 22.6 Å². The van der Waals surface area contributed by atoms with Crippen molar-refractivity contribution in [1.82, 2.24) is 14.7 Å². The predicted octanol–water partition coefficient (Wildman–Crippen LogP) is 6.00.